The number of benzene rings is 2. The van der Waals surface area contributed by atoms with E-state index in [1.807, 2.05) is 0 Å². The predicted octanol–water partition coefficient (Wildman–Crippen LogP) is 3.74. The van der Waals surface area contributed by atoms with Gasteiger partial charge in [0.1, 0.15) is 0 Å². The average Bonchev–Trinajstić information content (AvgIpc) is 2.59. The number of hydrogen-bond donors (Lipinski definition) is 2. The molecule has 5 nitrogen and oxygen atoms in total. The van der Waals surface area contributed by atoms with Crippen LogP contribution in [0.25, 0.3) is 0 Å². The summed E-state index contributed by atoms with van der Waals surface area (Å²) in [6.07, 6.45) is -4.62. The van der Waals surface area contributed by atoms with Gasteiger partial charge < -0.3 is 15.4 Å². The molecule has 0 fully saturated rings. The second-order valence-corrected chi connectivity index (χ2v) is 5.01. The zero-order valence-corrected chi connectivity index (χ0v) is 13.1. The monoisotopic (exact) mass is 352 g/mol. The molecule has 0 heterocycles. The molecular weight excluding hydrogens is 337 g/mol. The highest BCUT2D eigenvalue weighted by Gasteiger charge is 2.34. The van der Waals surface area contributed by atoms with Gasteiger partial charge in [0.2, 0.25) is 0 Å². The molecule has 2 aromatic rings. The summed E-state index contributed by atoms with van der Waals surface area (Å²) in [5, 5.41) is 4.44. The smallest absolute Gasteiger partial charge is 0.418 e. The molecule has 8 heteroatoms. The van der Waals surface area contributed by atoms with Gasteiger partial charge in [-0.2, -0.15) is 13.2 Å². The van der Waals surface area contributed by atoms with E-state index >= 15 is 0 Å². The van der Waals surface area contributed by atoms with E-state index in [-0.39, 0.29) is 0 Å². The number of urea groups is 1. The number of methoxy groups -OCH3 is 1. The quantitative estimate of drug-likeness (QED) is 0.824. The van der Waals surface area contributed by atoms with E-state index in [0.717, 1.165) is 19.2 Å². The summed E-state index contributed by atoms with van der Waals surface area (Å²) in [5.41, 5.74) is -0.961. The largest absolute Gasteiger partial charge is 0.467 e. The SMILES string of the molecule is COC(=O)C(NC(=O)Nc1ccccc1C(F)(F)F)c1ccccc1. The van der Waals surface area contributed by atoms with Crippen LogP contribution in [0.15, 0.2) is 54.6 Å². The Kier molecular flexibility index (Phi) is 5.63. The van der Waals surface area contributed by atoms with Crippen LogP contribution >= 0.6 is 0 Å². The van der Waals surface area contributed by atoms with Gasteiger partial charge in [-0.3, -0.25) is 0 Å². The van der Waals surface area contributed by atoms with E-state index in [4.69, 9.17) is 0 Å². The molecule has 2 amide bonds. The van der Waals surface area contributed by atoms with Crippen LogP contribution in [0.4, 0.5) is 23.7 Å². The van der Waals surface area contributed by atoms with Crippen LogP contribution in [0, 0.1) is 0 Å². The third kappa shape index (κ3) is 4.72. The maximum Gasteiger partial charge on any atom is 0.418 e. The number of esters is 1. The molecule has 25 heavy (non-hydrogen) atoms. The number of carbonyl (C=O) groups is 2. The number of carbonyl (C=O) groups excluding carboxylic acids is 2. The van der Waals surface area contributed by atoms with Gasteiger partial charge in [-0.05, 0) is 17.7 Å². The Bertz CT molecular complexity index is 748. The van der Waals surface area contributed by atoms with Crippen LogP contribution in [0.3, 0.4) is 0 Å². The fourth-order valence-electron chi connectivity index (χ4n) is 2.17. The van der Waals surface area contributed by atoms with Crippen molar-refractivity contribution in [2.75, 3.05) is 12.4 Å². The first-order valence-corrected chi connectivity index (χ1v) is 7.19. The predicted molar refractivity (Wildman–Crippen MR) is 84.8 cm³/mol. The number of anilines is 1. The fourth-order valence-corrected chi connectivity index (χ4v) is 2.17. The van der Waals surface area contributed by atoms with Crippen molar-refractivity contribution >= 4 is 17.7 Å². The Morgan fingerprint density at radius 3 is 2.20 bits per heavy atom. The lowest BCUT2D eigenvalue weighted by molar-refractivity contribution is -0.143. The van der Waals surface area contributed by atoms with E-state index in [1.165, 1.54) is 12.1 Å². The summed E-state index contributed by atoms with van der Waals surface area (Å²) in [7, 11) is 1.15. The third-order valence-electron chi connectivity index (χ3n) is 3.33. The Morgan fingerprint density at radius 2 is 1.60 bits per heavy atom. The molecule has 2 N–H and O–H groups in total. The number of alkyl halides is 3. The van der Waals surface area contributed by atoms with Gasteiger partial charge in [-0.15, -0.1) is 0 Å². The summed E-state index contributed by atoms with van der Waals surface area (Å²) in [4.78, 5) is 24.0. The van der Waals surface area contributed by atoms with E-state index in [2.05, 4.69) is 15.4 Å². The van der Waals surface area contributed by atoms with Gasteiger partial charge in [0.25, 0.3) is 0 Å². The second-order valence-electron chi connectivity index (χ2n) is 5.01. The van der Waals surface area contributed by atoms with Crippen molar-refractivity contribution in [3.05, 3.63) is 65.7 Å². The van der Waals surface area contributed by atoms with Crippen LogP contribution in [0.1, 0.15) is 17.2 Å². The van der Waals surface area contributed by atoms with Crippen LogP contribution in [-0.4, -0.2) is 19.1 Å². The van der Waals surface area contributed by atoms with Crippen molar-refractivity contribution in [3.63, 3.8) is 0 Å². The van der Waals surface area contributed by atoms with Gasteiger partial charge >= 0.3 is 18.2 Å². The number of halogens is 3. The maximum atomic E-state index is 13.0. The van der Waals surface area contributed by atoms with Gasteiger partial charge in [0, 0.05) is 0 Å². The summed E-state index contributed by atoms with van der Waals surface area (Å²) >= 11 is 0. The normalized spacial score (nSPS) is 12.2. The molecule has 0 spiro atoms. The molecular formula is C17H15F3N2O3. The first-order chi connectivity index (χ1) is 11.8. The van der Waals surface area contributed by atoms with Crippen LogP contribution in [-0.2, 0) is 15.7 Å². The highest BCUT2D eigenvalue weighted by molar-refractivity contribution is 5.93. The lowest BCUT2D eigenvalue weighted by Gasteiger charge is -2.18. The minimum absolute atomic E-state index is 0.413. The van der Waals surface area contributed by atoms with Crippen LogP contribution < -0.4 is 10.6 Å². The number of nitrogens with one attached hydrogen (secondary N) is 2. The lowest BCUT2D eigenvalue weighted by Crippen LogP contribution is -2.37. The van der Waals surface area contributed by atoms with E-state index < -0.39 is 35.5 Å². The van der Waals surface area contributed by atoms with E-state index in [0.29, 0.717) is 5.56 Å². The topological polar surface area (TPSA) is 67.4 Å². The maximum absolute atomic E-state index is 13.0. The van der Waals surface area contributed by atoms with E-state index in [9.17, 15) is 22.8 Å². The van der Waals surface area contributed by atoms with Crippen molar-refractivity contribution in [2.45, 2.75) is 12.2 Å². The van der Waals surface area contributed by atoms with Gasteiger partial charge in [0.15, 0.2) is 6.04 Å². The summed E-state index contributed by atoms with van der Waals surface area (Å²) in [6.45, 7) is 0. The Morgan fingerprint density at radius 1 is 1.00 bits per heavy atom. The van der Waals surface area contributed by atoms with Crippen molar-refractivity contribution in [1.29, 1.82) is 0 Å². The van der Waals surface area contributed by atoms with Crippen LogP contribution in [0.5, 0.6) is 0 Å². The molecule has 132 valence electrons. The Hall–Kier alpha value is -3.03. The van der Waals surface area contributed by atoms with E-state index in [1.54, 1.807) is 30.3 Å². The zero-order valence-electron chi connectivity index (χ0n) is 13.1. The lowest BCUT2D eigenvalue weighted by atomic mass is 10.1. The number of ether oxygens (including phenoxy) is 1. The van der Waals surface area contributed by atoms with Gasteiger partial charge in [-0.1, -0.05) is 42.5 Å². The number of rotatable bonds is 4. The molecule has 2 rings (SSSR count). The van der Waals surface area contributed by atoms with Gasteiger partial charge in [0.05, 0.1) is 18.4 Å². The molecule has 0 radical (unpaired) electrons. The molecule has 1 atom stereocenters. The molecule has 0 aliphatic carbocycles. The fraction of sp³-hybridized carbons (Fsp3) is 0.176. The molecule has 0 aliphatic rings. The number of hydrogen-bond acceptors (Lipinski definition) is 3. The van der Waals surface area contributed by atoms with Gasteiger partial charge in [-0.25, -0.2) is 9.59 Å². The molecule has 0 aromatic heterocycles. The molecule has 0 saturated heterocycles. The minimum Gasteiger partial charge on any atom is -0.467 e. The molecule has 0 bridgehead atoms. The van der Waals surface area contributed by atoms with Crippen molar-refractivity contribution in [1.82, 2.24) is 5.32 Å². The molecule has 2 aromatic carbocycles. The molecule has 0 saturated carbocycles. The zero-order chi connectivity index (χ0) is 18.4. The first kappa shape index (κ1) is 18.3. The first-order valence-electron chi connectivity index (χ1n) is 7.19. The number of amides is 2. The Balaban J connectivity index is 2.19. The number of para-hydroxylation sites is 1. The summed E-state index contributed by atoms with van der Waals surface area (Å²) in [5.74, 6) is -0.745. The summed E-state index contributed by atoms with van der Waals surface area (Å²) in [6, 6.07) is 10.7. The standard InChI is InChI=1S/C17H15F3N2O3/c1-25-15(23)14(11-7-3-2-4-8-11)22-16(24)21-13-10-6-5-9-12(13)17(18,19)20/h2-10,14H,1H3,(H2,21,22,24). The second kappa shape index (κ2) is 7.69. The van der Waals surface area contributed by atoms with Crippen molar-refractivity contribution in [2.24, 2.45) is 0 Å². The van der Waals surface area contributed by atoms with Crippen molar-refractivity contribution in [3.8, 4) is 0 Å². The van der Waals surface area contributed by atoms with Crippen molar-refractivity contribution < 1.29 is 27.5 Å². The third-order valence-corrected chi connectivity index (χ3v) is 3.33. The highest BCUT2D eigenvalue weighted by Crippen LogP contribution is 2.34. The average molecular weight is 352 g/mol. The molecule has 1 unspecified atom stereocenters. The minimum atomic E-state index is -4.62. The Labute approximate surface area is 141 Å². The van der Waals surface area contributed by atoms with Crippen LogP contribution in [0.2, 0.25) is 0 Å². The summed E-state index contributed by atoms with van der Waals surface area (Å²) < 4.78 is 43.5. The highest BCUT2D eigenvalue weighted by atomic mass is 19.4. The molecule has 0 aliphatic heterocycles.